The minimum Gasteiger partial charge on any atom is -0.497 e. The molecule has 0 atom stereocenters. The van der Waals surface area contributed by atoms with Gasteiger partial charge in [0.1, 0.15) is 11.6 Å². The number of fused-ring (bicyclic) bond motifs is 1. The Morgan fingerprint density at radius 2 is 1.79 bits per heavy atom. The van der Waals surface area contributed by atoms with Crippen LogP contribution in [-0.2, 0) is 14.8 Å². The summed E-state index contributed by atoms with van der Waals surface area (Å²) >= 11 is 0. The minimum absolute atomic E-state index is 0.209. The molecule has 2 aliphatic heterocycles. The zero-order valence-corrected chi connectivity index (χ0v) is 20.4. The first-order valence-electron chi connectivity index (χ1n) is 11.8. The quantitative estimate of drug-likeness (QED) is 0.582. The molecule has 8 nitrogen and oxygen atoms in total. The number of carbonyl (C=O) groups excluding carboxylic acids is 1. The van der Waals surface area contributed by atoms with Crippen molar-refractivity contribution in [2.45, 2.75) is 37.0 Å². The van der Waals surface area contributed by atoms with E-state index in [9.17, 15) is 13.2 Å². The maximum Gasteiger partial charge on any atom is 0.263 e. The van der Waals surface area contributed by atoms with Crippen molar-refractivity contribution in [2.24, 2.45) is 4.99 Å². The number of anilines is 1. The van der Waals surface area contributed by atoms with Crippen LogP contribution in [0.25, 0.3) is 0 Å². The molecule has 2 aromatic rings. The van der Waals surface area contributed by atoms with E-state index in [0.717, 1.165) is 63.3 Å². The van der Waals surface area contributed by atoms with Gasteiger partial charge in [-0.05, 0) is 55.7 Å². The first-order chi connectivity index (χ1) is 16.5. The summed E-state index contributed by atoms with van der Waals surface area (Å²) in [7, 11) is -1.83. The smallest absolute Gasteiger partial charge is 0.263 e. The van der Waals surface area contributed by atoms with E-state index in [1.807, 2.05) is 23.1 Å². The Labute approximate surface area is 201 Å². The number of amidine groups is 1. The van der Waals surface area contributed by atoms with Gasteiger partial charge in [-0.25, -0.2) is 8.42 Å². The molecule has 0 spiro atoms. The third-order valence-corrected chi connectivity index (χ3v) is 7.66. The lowest BCUT2D eigenvalue weighted by molar-refractivity contribution is -0.131. The third kappa shape index (κ3) is 5.70. The molecule has 0 unspecified atom stereocenters. The van der Waals surface area contributed by atoms with Crippen molar-refractivity contribution in [1.29, 1.82) is 0 Å². The molecule has 182 valence electrons. The number of carbonyl (C=O) groups is 1. The van der Waals surface area contributed by atoms with Gasteiger partial charge in [0.25, 0.3) is 10.0 Å². The van der Waals surface area contributed by atoms with Gasteiger partial charge < -0.3 is 14.5 Å². The van der Waals surface area contributed by atoms with Crippen LogP contribution in [0.3, 0.4) is 0 Å². The van der Waals surface area contributed by atoms with Crippen molar-refractivity contribution in [3.05, 3.63) is 54.1 Å². The number of unbranched alkanes of at least 4 members (excludes halogenated alkanes) is 2. The highest BCUT2D eigenvalue weighted by Crippen LogP contribution is 2.23. The molecule has 0 radical (unpaired) electrons. The predicted molar refractivity (Wildman–Crippen MR) is 133 cm³/mol. The molecule has 1 saturated heterocycles. The number of nitrogens with zero attached hydrogens (tertiary/aromatic N) is 3. The number of nitrogens with one attached hydrogen (secondary N) is 1. The van der Waals surface area contributed by atoms with E-state index in [0.29, 0.717) is 24.4 Å². The fourth-order valence-corrected chi connectivity index (χ4v) is 5.63. The molecule has 2 aliphatic rings. The van der Waals surface area contributed by atoms with E-state index in [1.165, 1.54) is 0 Å². The molecule has 0 aromatic heterocycles. The molecule has 2 aromatic carbocycles. The molecule has 0 saturated carbocycles. The van der Waals surface area contributed by atoms with Crippen LogP contribution in [-0.4, -0.2) is 64.9 Å². The summed E-state index contributed by atoms with van der Waals surface area (Å²) in [6.45, 7) is 3.81. The number of rotatable bonds is 8. The van der Waals surface area contributed by atoms with Gasteiger partial charge in [0, 0.05) is 50.4 Å². The molecular weight excluding hydrogens is 452 g/mol. The lowest BCUT2D eigenvalue weighted by Crippen LogP contribution is -2.35. The topological polar surface area (TPSA) is 91.3 Å². The van der Waals surface area contributed by atoms with Gasteiger partial charge in [-0.15, -0.1) is 0 Å². The molecule has 1 N–H and O–H groups in total. The summed E-state index contributed by atoms with van der Waals surface area (Å²) in [6, 6.07) is 14.9. The van der Waals surface area contributed by atoms with Crippen molar-refractivity contribution >= 4 is 27.5 Å². The number of benzene rings is 2. The number of aliphatic imine (C=N–C) groups is 1. The molecular formula is C25H32N4O4S. The van der Waals surface area contributed by atoms with E-state index in [4.69, 9.17) is 4.74 Å². The largest absolute Gasteiger partial charge is 0.497 e. The Hall–Kier alpha value is -3.07. The van der Waals surface area contributed by atoms with Crippen molar-refractivity contribution in [1.82, 2.24) is 9.62 Å². The normalized spacial score (nSPS) is 18.3. The first-order valence-corrected chi connectivity index (χ1v) is 13.3. The van der Waals surface area contributed by atoms with Gasteiger partial charge in [0.15, 0.2) is 0 Å². The van der Waals surface area contributed by atoms with Crippen molar-refractivity contribution in [3.8, 4) is 5.75 Å². The Morgan fingerprint density at radius 1 is 1.00 bits per heavy atom. The minimum atomic E-state index is -3.49. The van der Waals surface area contributed by atoms with Crippen LogP contribution in [0.1, 0.15) is 37.7 Å². The lowest BCUT2D eigenvalue weighted by Gasteiger charge is -2.24. The molecule has 34 heavy (non-hydrogen) atoms. The number of hydrogen-bond acceptors (Lipinski definition) is 6. The zero-order chi connectivity index (χ0) is 24.0. The zero-order valence-electron chi connectivity index (χ0n) is 19.6. The van der Waals surface area contributed by atoms with Gasteiger partial charge in [-0.3, -0.25) is 14.5 Å². The number of amides is 1. The average Bonchev–Trinajstić information content (AvgIpc) is 2.99. The van der Waals surface area contributed by atoms with Gasteiger partial charge >= 0.3 is 0 Å². The number of methoxy groups -OCH3 is 1. The van der Waals surface area contributed by atoms with Crippen LogP contribution in [0, 0.1) is 0 Å². The van der Waals surface area contributed by atoms with Crippen LogP contribution in [0.2, 0.25) is 0 Å². The second-order valence-electron chi connectivity index (χ2n) is 8.56. The molecule has 0 bridgehead atoms. The standard InChI is InChI=1S/C25H32N4O4S/c1-33-21-13-11-20(12-14-21)28-16-7-17-29(19-18-28)24(30)10-3-2-6-15-26-25-22-8-4-5-9-23(22)34(31,32)27-25/h4-5,8-9,11-14H,2-3,6-7,10,15-19H2,1H3,(H,26,27). The van der Waals surface area contributed by atoms with Crippen LogP contribution >= 0.6 is 0 Å². The summed E-state index contributed by atoms with van der Waals surface area (Å²) in [6.07, 6.45) is 3.99. The van der Waals surface area contributed by atoms with E-state index in [2.05, 4.69) is 26.7 Å². The van der Waals surface area contributed by atoms with Gasteiger partial charge in [0.05, 0.1) is 12.0 Å². The Morgan fingerprint density at radius 3 is 2.59 bits per heavy atom. The van der Waals surface area contributed by atoms with Crippen LogP contribution in [0.15, 0.2) is 58.4 Å². The molecule has 1 fully saturated rings. The highest BCUT2D eigenvalue weighted by atomic mass is 32.2. The number of hydrogen-bond donors (Lipinski definition) is 1. The first kappa shape index (κ1) is 24.1. The maximum atomic E-state index is 12.7. The van der Waals surface area contributed by atoms with E-state index in [-0.39, 0.29) is 10.8 Å². The highest BCUT2D eigenvalue weighted by molar-refractivity contribution is 7.90. The second kappa shape index (κ2) is 10.9. The van der Waals surface area contributed by atoms with Crippen molar-refractivity contribution in [2.75, 3.05) is 44.7 Å². The lowest BCUT2D eigenvalue weighted by atomic mass is 10.1. The second-order valence-corrected chi connectivity index (χ2v) is 10.2. The maximum absolute atomic E-state index is 12.7. The Balaban J connectivity index is 1.18. The van der Waals surface area contributed by atoms with E-state index < -0.39 is 10.0 Å². The average molecular weight is 485 g/mol. The third-order valence-electron chi connectivity index (χ3n) is 6.27. The van der Waals surface area contributed by atoms with Gasteiger partial charge in [-0.1, -0.05) is 18.6 Å². The monoisotopic (exact) mass is 484 g/mol. The van der Waals surface area contributed by atoms with Crippen molar-refractivity contribution in [3.63, 3.8) is 0 Å². The number of sulfonamides is 1. The summed E-state index contributed by atoms with van der Waals surface area (Å²) in [4.78, 5) is 21.7. The summed E-state index contributed by atoms with van der Waals surface area (Å²) in [5.41, 5.74) is 1.78. The van der Waals surface area contributed by atoms with E-state index >= 15 is 0 Å². The molecule has 9 heteroatoms. The number of ether oxygens (including phenoxy) is 1. The van der Waals surface area contributed by atoms with Gasteiger partial charge in [-0.2, -0.15) is 0 Å². The predicted octanol–water partition coefficient (Wildman–Crippen LogP) is 3.03. The molecule has 4 rings (SSSR count). The van der Waals surface area contributed by atoms with Crippen LogP contribution in [0.4, 0.5) is 5.69 Å². The van der Waals surface area contributed by atoms with Gasteiger partial charge in [0.2, 0.25) is 5.91 Å². The van der Waals surface area contributed by atoms with E-state index in [1.54, 1.807) is 25.3 Å². The Kier molecular flexibility index (Phi) is 7.72. The molecule has 0 aliphatic carbocycles. The van der Waals surface area contributed by atoms with Crippen LogP contribution < -0.4 is 14.4 Å². The fraction of sp³-hybridized carbons (Fsp3) is 0.440. The van der Waals surface area contributed by atoms with Crippen LogP contribution in [0.5, 0.6) is 5.75 Å². The van der Waals surface area contributed by atoms with Crippen molar-refractivity contribution < 1.29 is 17.9 Å². The summed E-state index contributed by atoms with van der Waals surface area (Å²) in [5, 5.41) is 0. The SMILES string of the molecule is COc1ccc(N2CCCN(C(=O)CCCCCN=C3NS(=O)(=O)c4ccccc43)CC2)cc1. The fourth-order valence-electron chi connectivity index (χ4n) is 4.38. The molecule has 1 amide bonds. The Bertz CT molecular complexity index is 1130. The molecule has 2 heterocycles. The summed E-state index contributed by atoms with van der Waals surface area (Å²) < 4.78 is 32.0. The summed E-state index contributed by atoms with van der Waals surface area (Å²) in [5.74, 6) is 1.47. The highest BCUT2D eigenvalue weighted by Gasteiger charge is 2.29.